The molecule has 140 valence electrons. The van der Waals surface area contributed by atoms with Crippen molar-refractivity contribution >= 4 is 34.4 Å². The Kier molecular flexibility index (Phi) is 4.74. The number of halogens is 2. The number of amides is 2. The SMILES string of the molecule is CCn1c(C2CCCN2C(=O)Nc2ccc(Cl)c(F)c2)nc2ccccc21. The number of rotatable bonds is 3. The van der Waals surface area contributed by atoms with Gasteiger partial charge in [0.05, 0.1) is 22.1 Å². The lowest BCUT2D eigenvalue weighted by molar-refractivity contribution is 0.204. The number of imidazole rings is 1. The first-order chi connectivity index (χ1) is 13.1. The average molecular weight is 387 g/mol. The highest BCUT2D eigenvalue weighted by Crippen LogP contribution is 2.34. The summed E-state index contributed by atoms with van der Waals surface area (Å²) in [6, 6.07) is 11.9. The first-order valence-corrected chi connectivity index (χ1v) is 9.44. The second kappa shape index (κ2) is 7.19. The van der Waals surface area contributed by atoms with Gasteiger partial charge in [-0.25, -0.2) is 14.2 Å². The molecule has 3 aromatic rings. The lowest BCUT2D eigenvalue weighted by atomic mass is 10.2. The lowest BCUT2D eigenvalue weighted by Crippen LogP contribution is -2.35. The Labute approximate surface area is 161 Å². The summed E-state index contributed by atoms with van der Waals surface area (Å²) in [5.74, 6) is 0.342. The number of para-hydroxylation sites is 2. The first-order valence-electron chi connectivity index (χ1n) is 9.06. The monoisotopic (exact) mass is 386 g/mol. The quantitative estimate of drug-likeness (QED) is 0.671. The Morgan fingerprint density at radius 2 is 2.15 bits per heavy atom. The van der Waals surface area contributed by atoms with Crippen LogP contribution in [0.25, 0.3) is 11.0 Å². The number of nitrogens with zero attached hydrogens (tertiary/aromatic N) is 3. The van der Waals surface area contributed by atoms with Gasteiger partial charge in [0.2, 0.25) is 0 Å². The summed E-state index contributed by atoms with van der Waals surface area (Å²) < 4.78 is 15.8. The molecule has 0 bridgehead atoms. The molecule has 27 heavy (non-hydrogen) atoms. The van der Waals surface area contributed by atoms with Crippen LogP contribution in [-0.4, -0.2) is 27.0 Å². The van der Waals surface area contributed by atoms with E-state index in [2.05, 4.69) is 16.8 Å². The fraction of sp³-hybridized carbons (Fsp3) is 0.300. The summed E-state index contributed by atoms with van der Waals surface area (Å²) in [6.45, 7) is 3.50. The van der Waals surface area contributed by atoms with Gasteiger partial charge in [0.25, 0.3) is 0 Å². The zero-order valence-electron chi connectivity index (χ0n) is 15.0. The van der Waals surface area contributed by atoms with Gasteiger partial charge in [-0.05, 0) is 50.1 Å². The van der Waals surface area contributed by atoms with Crippen molar-refractivity contribution in [1.29, 1.82) is 0 Å². The number of likely N-dealkylation sites (tertiary alicyclic amines) is 1. The second-order valence-electron chi connectivity index (χ2n) is 6.61. The van der Waals surface area contributed by atoms with Crippen LogP contribution in [-0.2, 0) is 6.54 Å². The molecule has 0 saturated carbocycles. The van der Waals surface area contributed by atoms with E-state index in [0.29, 0.717) is 12.2 Å². The largest absolute Gasteiger partial charge is 0.327 e. The third-order valence-corrected chi connectivity index (χ3v) is 5.29. The zero-order valence-corrected chi connectivity index (χ0v) is 15.7. The van der Waals surface area contributed by atoms with E-state index in [1.807, 2.05) is 24.3 Å². The third-order valence-electron chi connectivity index (χ3n) is 4.98. The molecule has 0 radical (unpaired) electrons. The van der Waals surface area contributed by atoms with Gasteiger partial charge >= 0.3 is 6.03 Å². The van der Waals surface area contributed by atoms with E-state index < -0.39 is 5.82 Å². The van der Waals surface area contributed by atoms with Crippen LogP contribution in [0.4, 0.5) is 14.9 Å². The van der Waals surface area contributed by atoms with Crippen LogP contribution in [0.1, 0.15) is 31.6 Å². The van der Waals surface area contributed by atoms with E-state index in [1.165, 1.54) is 12.1 Å². The fourth-order valence-electron chi connectivity index (χ4n) is 3.73. The third kappa shape index (κ3) is 3.25. The fourth-order valence-corrected chi connectivity index (χ4v) is 3.85. The van der Waals surface area contributed by atoms with Gasteiger partial charge in [-0.1, -0.05) is 23.7 Å². The highest BCUT2D eigenvalue weighted by Gasteiger charge is 2.33. The number of carbonyl (C=O) groups is 1. The standard InChI is InChI=1S/C20H20ClFN4O/c1-2-25-17-7-4-3-6-16(17)24-19(25)18-8-5-11-26(18)20(27)23-13-9-10-14(21)15(22)12-13/h3-4,6-7,9-10,12,18H,2,5,8,11H2,1H3,(H,23,27). The highest BCUT2D eigenvalue weighted by molar-refractivity contribution is 6.30. The molecule has 1 atom stereocenters. The van der Waals surface area contributed by atoms with Gasteiger partial charge in [0.15, 0.2) is 0 Å². The average Bonchev–Trinajstić information content (AvgIpc) is 3.28. The van der Waals surface area contributed by atoms with E-state index in [-0.39, 0.29) is 17.1 Å². The van der Waals surface area contributed by atoms with Crippen molar-refractivity contribution in [3.05, 3.63) is 59.1 Å². The molecule has 1 aliphatic rings. The Morgan fingerprint density at radius 1 is 1.33 bits per heavy atom. The molecule has 2 aromatic carbocycles. The van der Waals surface area contributed by atoms with Gasteiger partial charge in [-0.2, -0.15) is 0 Å². The van der Waals surface area contributed by atoms with Gasteiger partial charge in [-0.3, -0.25) is 0 Å². The van der Waals surface area contributed by atoms with Crippen molar-refractivity contribution in [2.24, 2.45) is 0 Å². The maximum absolute atomic E-state index is 13.7. The minimum atomic E-state index is -0.555. The molecule has 0 aliphatic carbocycles. The van der Waals surface area contributed by atoms with Gasteiger partial charge in [0, 0.05) is 18.8 Å². The maximum atomic E-state index is 13.7. The molecular weight excluding hydrogens is 367 g/mol. The second-order valence-corrected chi connectivity index (χ2v) is 7.02. The van der Waals surface area contributed by atoms with Crippen LogP contribution in [0.2, 0.25) is 5.02 Å². The topological polar surface area (TPSA) is 50.2 Å². The van der Waals surface area contributed by atoms with Crippen LogP contribution in [0.3, 0.4) is 0 Å². The van der Waals surface area contributed by atoms with E-state index in [1.54, 1.807) is 11.0 Å². The molecule has 1 saturated heterocycles. The number of hydrogen-bond acceptors (Lipinski definition) is 2. The predicted molar refractivity (Wildman–Crippen MR) is 105 cm³/mol. The molecule has 4 rings (SSSR count). The van der Waals surface area contributed by atoms with Crippen molar-refractivity contribution in [2.45, 2.75) is 32.4 Å². The first kappa shape index (κ1) is 17.8. The molecule has 0 spiro atoms. The van der Waals surface area contributed by atoms with Gasteiger partial charge < -0.3 is 14.8 Å². The lowest BCUT2D eigenvalue weighted by Gasteiger charge is -2.25. The van der Waals surface area contributed by atoms with Crippen molar-refractivity contribution < 1.29 is 9.18 Å². The van der Waals surface area contributed by atoms with Crippen LogP contribution >= 0.6 is 11.6 Å². The normalized spacial score (nSPS) is 16.9. The molecule has 1 N–H and O–H groups in total. The summed E-state index contributed by atoms with van der Waals surface area (Å²) in [6.07, 6.45) is 1.76. The van der Waals surface area contributed by atoms with Gasteiger partial charge in [0.1, 0.15) is 11.6 Å². The molecular formula is C20H20ClFN4O. The van der Waals surface area contributed by atoms with Crippen LogP contribution in [0.5, 0.6) is 0 Å². The Bertz CT molecular complexity index is 1000. The smallest absolute Gasteiger partial charge is 0.322 e. The Hall–Kier alpha value is -2.60. The molecule has 2 heterocycles. The van der Waals surface area contributed by atoms with Crippen LogP contribution in [0.15, 0.2) is 42.5 Å². The molecule has 5 nitrogen and oxygen atoms in total. The predicted octanol–water partition coefficient (Wildman–Crippen LogP) is 5.22. The zero-order chi connectivity index (χ0) is 19.0. The van der Waals surface area contributed by atoms with Crippen molar-refractivity contribution in [3.63, 3.8) is 0 Å². The number of aromatic nitrogens is 2. The number of anilines is 1. The number of benzene rings is 2. The van der Waals surface area contributed by atoms with E-state index >= 15 is 0 Å². The highest BCUT2D eigenvalue weighted by atomic mass is 35.5. The summed E-state index contributed by atoms with van der Waals surface area (Å²) in [5, 5.41) is 2.81. The number of urea groups is 1. The van der Waals surface area contributed by atoms with E-state index in [0.717, 1.165) is 36.2 Å². The summed E-state index contributed by atoms with van der Waals surface area (Å²) in [4.78, 5) is 19.4. The van der Waals surface area contributed by atoms with Crippen LogP contribution in [0, 0.1) is 5.82 Å². The molecule has 1 fully saturated rings. The maximum Gasteiger partial charge on any atom is 0.322 e. The minimum absolute atomic E-state index is 0.0312. The molecule has 1 unspecified atom stereocenters. The Balaban J connectivity index is 1.62. The Morgan fingerprint density at radius 3 is 2.93 bits per heavy atom. The molecule has 1 aliphatic heterocycles. The number of nitrogens with one attached hydrogen (secondary N) is 1. The van der Waals surface area contributed by atoms with Crippen molar-refractivity contribution in [2.75, 3.05) is 11.9 Å². The molecule has 2 amide bonds. The summed E-state index contributed by atoms with van der Waals surface area (Å²) in [5.41, 5.74) is 2.39. The minimum Gasteiger partial charge on any atom is -0.327 e. The number of fused-ring (bicyclic) bond motifs is 1. The van der Waals surface area contributed by atoms with Crippen molar-refractivity contribution in [3.8, 4) is 0 Å². The van der Waals surface area contributed by atoms with Gasteiger partial charge in [-0.15, -0.1) is 0 Å². The molecule has 1 aromatic heterocycles. The summed E-state index contributed by atoms with van der Waals surface area (Å²) >= 11 is 5.71. The number of hydrogen-bond donors (Lipinski definition) is 1. The molecule has 7 heteroatoms. The summed E-state index contributed by atoms with van der Waals surface area (Å²) in [7, 11) is 0. The van der Waals surface area contributed by atoms with Crippen LogP contribution < -0.4 is 5.32 Å². The van der Waals surface area contributed by atoms with E-state index in [9.17, 15) is 9.18 Å². The van der Waals surface area contributed by atoms with E-state index in [4.69, 9.17) is 16.6 Å². The number of aryl methyl sites for hydroxylation is 1. The van der Waals surface area contributed by atoms with Crippen molar-refractivity contribution in [1.82, 2.24) is 14.5 Å². The number of carbonyl (C=O) groups excluding carboxylic acids is 1.